The zero-order valence-electron chi connectivity index (χ0n) is 10.1. The van der Waals surface area contributed by atoms with Crippen molar-refractivity contribution in [3.05, 3.63) is 41.8 Å². The predicted octanol–water partition coefficient (Wildman–Crippen LogP) is 4.86. The summed E-state index contributed by atoms with van der Waals surface area (Å²) in [7, 11) is 0. The zero-order chi connectivity index (χ0) is 15.7. The molecule has 0 fully saturated rings. The lowest BCUT2D eigenvalue weighted by molar-refractivity contribution is -0.154. The fraction of sp³-hybridized carbons (Fsp3) is 0.250. The Morgan fingerprint density at radius 3 is 2.24 bits per heavy atom. The van der Waals surface area contributed by atoms with E-state index in [1.54, 1.807) is 0 Å². The molecule has 0 atom stereocenters. The van der Waals surface area contributed by atoms with Crippen molar-refractivity contribution in [1.82, 2.24) is 4.98 Å². The van der Waals surface area contributed by atoms with Crippen LogP contribution in [0.25, 0.3) is 11.5 Å². The normalized spacial score (nSPS) is 12.7. The van der Waals surface area contributed by atoms with E-state index in [9.17, 15) is 22.0 Å². The molecule has 0 aliphatic rings. The van der Waals surface area contributed by atoms with Crippen LogP contribution in [-0.2, 0) is 17.5 Å². The second-order valence-electron chi connectivity index (χ2n) is 3.95. The third kappa shape index (κ3) is 4.63. The third-order valence-corrected chi connectivity index (χ3v) is 2.71. The van der Waals surface area contributed by atoms with Crippen LogP contribution < -0.4 is 0 Å². The molecule has 9 heteroatoms. The molecule has 0 aliphatic carbocycles. The van der Waals surface area contributed by atoms with Gasteiger partial charge in [0.2, 0.25) is 5.89 Å². The number of alkyl halides is 6. The summed E-state index contributed by atoms with van der Waals surface area (Å²) < 4.78 is 68.1. The van der Waals surface area contributed by atoms with Crippen molar-refractivity contribution in [3.8, 4) is 11.5 Å². The number of nitrogens with zero attached hydrogens (tertiary/aromatic N) is 1. The quantitative estimate of drug-likeness (QED) is 0.404. The van der Waals surface area contributed by atoms with Gasteiger partial charge in [-0.3, -0.25) is 0 Å². The van der Waals surface area contributed by atoms with Crippen LogP contribution in [0.1, 0.15) is 11.3 Å². The van der Waals surface area contributed by atoms with Crippen LogP contribution in [0, 0.1) is 0 Å². The monoisotopic (exact) mass is 419 g/mol. The van der Waals surface area contributed by atoms with Gasteiger partial charge >= 0.3 is 10.3 Å². The Bertz CT molecular complexity index is 603. The molecule has 0 unspecified atom stereocenters. The van der Waals surface area contributed by atoms with Crippen molar-refractivity contribution in [3.63, 3.8) is 0 Å². The minimum Gasteiger partial charge on any atom is -0.444 e. The first-order chi connectivity index (χ1) is 9.65. The minimum atomic E-state index is -4.43. The molecule has 1 aromatic heterocycles. The van der Waals surface area contributed by atoms with E-state index in [0.717, 1.165) is 41.0 Å². The van der Waals surface area contributed by atoms with E-state index in [-0.39, 0.29) is 11.6 Å². The highest BCUT2D eigenvalue weighted by atomic mass is 127. The van der Waals surface area contributed by atoms with E-state index in [0.29, 0.717) is 5.56 Å². The van der Waals surface area contributed by atoms with Gasteiger partial charge in [-0.15, -0.1) is 0 Å². The SMILES string of the molecule is FC(F)(I)OCc1coc(-c2ccc(C(F)(F)F)cc2)n1. The van der Waals surface area contributed by atoms with Gasteiger partial charge in [-0.1, -0.05) is 0 Å². The maximum absolute atomic E-state index is 12.5. The molecule has 0 spiro atoms. The molecule has 21 heavy (non-hydrogen) atoms. The van der Waals surface area contributed by atoms with Crippen molar-refractivity contribution in [2.45, 2.75) is 16.9 Å². The Balaban J connectivity index is 2.11. The van der Waals surface area contributed by atoms with Crippen LogP contribution >= 0.6 is 22.6 Å². The van der Waals surface area contributed by atoms with Crippen LogP contribution in [-0.4, -0.2) is 9.10 Å². The van der Waals surface area contributed by atoms with Crippen LogP contribution in [0.3, 0.4) is 0 Å². The van der Waals surface area contributed by atoms with E-state index < -0.39 is 22.5 Å². The first-order valence-corrected chi connectivity index (χ1v) is 6.56. The van der Waals surface area contributed by atoms with Crippen molar-refractivity contribution >= 4 is 22.6 Å². The average Bonchev–Trinajstić information content (AvgIpc) is 2.83. The van der Waals surface area contributed by atoms with Gasteiger partial charge in [0.25, 0.3) is 0 Å². The molecule has 2 aromatic rings. The summed E-state index contributed by atoms with van der Waals surface area (Å²) in [6, 6.07) is 4.14. The Hall–Kier alpha value is -1.23. The molecule has 0 aliphatic heterocycles. The maximum Gasteiger partial charge on any atom is 0.416 e. The summed E-state index contributed by atoms with van der Waals surface area (Å²) in [5.74, 6) is 0.0269. The van der Waals surface area contributed by atoms with Gasteiger partial charge in [0.15, 0.2) is 0 Å². The lowest BCUT2D eigenvalue weighted by Crippen LogP contribution is -2.10. The number of ether oxygens (including phenoxy) is 1. The van der Waals surface area contributed by atoms with E-state index >= 15 is 0 Å². The lowest BCUT2D eigenvalue weighted by Gasteiger charge is -2.07. The summed E-state index contributed by atoms with van der Waals surface area (Å²) in [5, 5.41) is 0. The molecular formula is C12H7F5INO2. The van der Waals surface area contributed by atoms with Crippen molar-refractivity contribution < 1.29 is 31.1 Å². The highest BCUT2D eigenvalue weighted by molar-refractivity contribution is 14.1. The highest BCUT2D eigenvalue weighted by Gasteiger charge is 2.30. The predicted molar refractivity (Wildman–Crippen MR) is 70.7 cm³/mol. The van der Waals surface area contributed by atoms with Gasteiger partial charge < -0.3 is 9.15 Å². The molecule has 0 saturated heterocycles. The summed E-state index contributed by atoms with van der Waals surface area (Å²) in [4.78, 5) is 3.87. The fourth-order valence-electron chi connectivity index (χ4n) is 1.46. The average molecular weight is 419 g/mol. The first kappa shape index (κ1) is 16.1. The topological polar surface area (TPSA) is 35.3 Å². The van der Waals surface area contributed by atoms with E-state index in [1.165, 1.54) is 12.1 Å². The van der Waals surface area contributed by atoms with Gasteiger partial charge in [0.05, 0.1) is 12.2 Å². The summed E-state index contributed by atoms with van der Waals surface area (Å²) in [6.07, 6.45) is -3.32. The molecular weight excluding hydrogens is 412 g/mol. The van der Waals surface area contributed by atoms with Gasteiger partial charge in [-0.25, -0.2) is 4.98 Å². The molecule has 0 radical (unpaired) electrons. The number of hydrogen-bond donors (Lipinski definition) is 0. The summed E-state index contributed by atoms with van der Waals surface area (Å²) >= 11 is 0.812. The molecule has 0 saturated carbocycles. The van der Waals surface area contributed by atoms with Crippen LogP contribution in [0.5, 0.6) is 0 Å². The van der Waals surface area contributed by atoms with E-state index in [1.807, 2.05) is 0 Å². The molecule has 1 aromatic carbocycles. The maximum atomic E-state index is 12.5. The largest absolute Gasteiger partial charge is 0.444 e. The molecule has 0 bridgehead atoms. The molecule has 1 heterocycles. The van der Waals surface area contributed by atoms with Gasteiger partial charge in [-0.05, 0) is 24.3 Å². The standard InChI is InChI=1S/C12H7F5INO2/c13-11(14,15)8-3-1-7(2-4-8)10-19-9(5-20-10)6-21-12(16,17)18/h1-5H,6H2. The Morgan fingerprint density at radius 2 is 1.71 bits per heavy atom. The van der Waals surface area contributed by atoms with E-state index in [2.05, 4.69) is 9.72 Å². The Kier molecular flexibility index (Phi) is 4.51. The fourth-order valence-corrected chi connectivity index (χ4v) is 1.62. The smallest absolute Gasteiger partial charge is 0.416 e. The minimum absolute atomic E-state index is 0.0269. The van der Waals surface area contributed by atoms with Gasteiger partial charge in [0, 0.05) is 28.2 Å². The first-order valence-electron chi connectivity index (χ1n) is 5.48. The zero-order valence-corrected chi connectivity index (χ0v) is 12.3. The Morgan fingerprint density at radius 1 is 1.10 bits per heavy atom. The summed E-state index contributed by atoms with van der Waals surface area (Å²) in [6.45, 7) is -0.472. The van der Waals surface area contributed by atoms with Crippen LogP contribution in [0.2, 0.25) is 0 Å². The van der Waals surface area contributed by atoms with Gasteiger partial charge in [0.1, 0.15) is 12.0 Å². The number of rotatable bonds is 4. The van der Waals surface area contributed by atoms with Crippen molar-refractivity contribution in [2.75, 3.05) is 0 Å². The number of halogens is 6. The van der Waals surface area contributed by atoms with Crippen LogP contribution in [0.15, 0.2) is 34.9 Å². The lowest BCUT2D eigenvalue weighted by atomic mass is 10.1. The molecule has 0 amide bonds. The second kappa shape index (κ2) is 5.87. The summed E-state index contributed by atoms with van der Waals surface area (Å²) in [5.41, 5.74) is -0.386. The van der Waals surface area contributed by atoms with Crippen molar-refractivity contribution in [2.24, 2.45) is 0 Å². The highest BCUT2D eigenvalue weighted by Crippen LogP contribution is 2.31. The molecule has 2 rings (SSSR count). The number of benzene rings is 1. The van der Waals surface area contributed by atoms with Crippen LogP contribution in [0.4, 0.5) is 22.0 Å². The Labute approximate surface area is 129 Å². The third-order valence-electron chi connectivity index (χ3n) is 2.39. The molecule has 114 valence electrons. The van der Waals surface area contributed by atoms with E-state index in [4.69, 9.17) is 4.42 Å². The molecule has 0 N–H and O–H groups in total. The number of oxazole rings is 1. The molecule has 3 nitrogen and oxygen atoms in total. The van der Waals surface area contributed by atoms with Crippen molar-refractivity contribution in [1.29, 1.82) is 0 Å². The number of hydrogen-bond acceptors (Lipinski definition) is 3. The van der Waals surface area contributed by atoms with Gasteiger partial charge in [-0.2, -0.15) is 22.0 Å². The number of aromatic nitrogens is 1. The second-order valence-corrected chi connectivity index (χ2v) is 5.21.